The molecule has 0 aliphatic carbocycles. The molecule has 6 heteroatoms. The fourth-order valence-electron chi connectivity index (χ4n) is 2.90. The average Bonchev–Trinajstić information content (AvgIpc) is 2.93. The third kappa shape index (κ3) is 3.24. The first-order valence-electron chi connectivity index (χ1n) is 8.32. The molecule has 0 spiro atoms. The number of fused-ring (bicyclic) bond motifs is 3. The topological polar surface area (TPSA) is 73.6 Å². The summed E-state index contributed by atoms with van der Waals surface area (Å²) in [6, 6.07) is 7.88. The Kier molecular flexibility index (Phi) is 4.53. The summed E-state index contributed by atoms with van der Waals surface area (Å²) in [4.78, 5) is 27.8. The highest BCUT2D eigenvalue weighted by Gasteiger charge is 2.17. The molecule has 0 aliphatic heterocycles. The van der Waals surface area contributed by atoms with Crippen LogP contribution in [0.1, 0.15) is 37.2 Å². The van der Waals surface area contributed by atoms with Crippen molar-refractivity contribution in [3.05, 3.63) is 41.2 Å². The number of nitrogens with zero attached hydrogens (tertiary/aromatic N) is 3. The van der Waals surface area contributed by atoms with Gasteiger partial charge in [-0.25, -0.2) is 9.50 Å². The fraction of sp³-hybridized carbons (Fsp3) is 0.368. The van der Waals surface area contributed by atoms with E-state index in [9.17, 15) is 9.59 Å². The maximum atomic E-state index is 11.9. The molecule has 0 amide bonds. The van der Waals surface area contributed by atoms with E-state index in [0.29, 0.717) is 6.42 Å². The summed E-state index contributed by atoms with van der Waals surface area (Å²) < 4.78 is 6.95. The van der Waals surface area contributed by atoms with Crippen LogP contribution in [-0.2, 0) is 20.7 Å². The van der Waals surface area contributed by atoms with Gasteiger partial charge in [0.25, 0.3) is 0 Å². The van der Waals surface area contributed by atoms with Gasteiger partial charge >= 0.3 is 5.97 Å². The number of aromatic nitrogens is 3. The molecule has 0 bridgehead atoms. The molecule has 1 atom stereocenters. The zero-order valence-corrected chi connectivity index (χ0v) is 14.9. The molecule has 0 aliphatic rings. The Hall–Kier alpha value is -2.76. The largest absolute Gasteiger partial charge is 0.455 e. The molecule has 0 N–H and O–H groups in total. The first kappa shape index (κ1) is 17.1. The van der Waals surface area contributed by atoms with E-state index < -0.39 is 6.10 Å². The molecule has 0 fully saturated rings. The molecule has 0 unspecified atom stereocenters. The number of benzene rings is 1. The number of hydrogen-bond acceptors (Lipinski definition) is 5. The number of ether oxygens (including phenoxy) is 1. The van der Waals surface area contributed by atoms with Crippen molar-refractivity contribution in [3.8, 4) is 0 Å². The monoisotopic (exact) mass is 339 g/mol. The number of Topliss-reactive ketones (excluding diaryl/α,β-unsaturated/α-hetero) is 1. The van der Waals surface area contributed by atoms with Crippen molar-refractivity contribution in [2.75, 3.05) is 0 Å². The van der Waals surface area contributed by atoms with Gasteiger partial charge in [-0.15, -0.1) is 0 Å². The molecule has 2 heterocycles. The van der Waals surface area contributed by atoms with Gasteiger partial charge in [0.15, 0.2) is 17.5 Å². The van der Waals surface area contributed by atoms with Crippen LogP contribution in [0.2, 0.25) is 0 Å². The molecular weight excluding hydrogens is 318 g/mol. The van der Waals surface area contributed by atoms with Crippen molar-refractivity contribution >= 4 is 28.3 Å². The molecule has 0 saturated carbocycles. The van der Waals surface area contributed by atoms with Gasteiger partial charge < -0.3 is 4.74 Å². The zero-order chi connectivity index (χ0) is 18.1. The summed E-state index contributed by atoms with van der Waals surface area (Å²) in [7, 11) is 0. The lowest BCUT2D eigenvalue weighted by Crippen LogP contribution is -2.22. The summed E-state index contributed by atoms with van der Waals surface area (Å²) in [5.41, 5.74) is 4.54. The smallest absolute Gasteiger partial charge is 0.306 e. The minimum Gasteiger partial charge on any atom is -0.455 e. The predicted octanol–water partition coefficient (Wildman–Crippen LogP) is 2.95. The number of carbonyl (C=O) groups excluding carboxylic acids is 2. The third-order valence-electron chi connectivity index (χ3n) is 4.48. The van der Waals surface area contributed by atoms with E-state index in [2.05, 4.69) is 10.1 Å². The van der Waals surface area contributed by atoms with Crippen LogP contribution >= 0.6 is 0 Å². The van der Waals surface area contributed by atoms with Crippen molar-refractivity contribution in [3.63, 3.8) is 0 Å². The van der Waals surface area contributed by atoms with E-state index in [1.54, 1.807) is 6.92 Å². The Morgan fingerprint density at radius 1 is 1.24 bits per heavy atom. The van der Waals surface area contributed by atoms with Gasteiger partial charge in [0.2, 0.25) is 0 Å². The second-order valence-corrected chi connectivity index (χ2v) is 6.26. The molecule has 0 radical (unpaired) electrons. The van der Waals surface area contributed by atoms with Crippen LogP contribution in [0.15, 0.2) is 24.3 Å². The first-order chi connectivity index (χ1) is 11.9. The van der Waals surface area contributed by atoms with Crippen molar-refractivity contribution in [2.24, 2.45) is 0 Å². The normalized spacial score (nSPS) is 12.5. The second-order valence-electron chi connectivity index (χ2n) is 6.26. The lowest BCUT2D eigenvalue weighted by molar-refractivity contribution is -0.153. The van der Waals surface area contributed by atoms with E-state index in [1.165, 1.54) is 6.92 Å². The van der Waals surface area contributed by atoms with Crippen LogP contribution in [0.5, 0.6) is 0 Å². The molecule has 130 valence electrons. The molecule has 6 nitrogen and oxygen atoms in total. The number of carbonyl (C=O) groups is 2. The van der Waals surface area contributed by atoms with Gasteiger partial charge in [-0.2, -0.15) is 5.10 Å². The molecular formula is C19H21N3O3. The SMILES string of the molecule is CC(=O)[C@H](C)OC(=O)CCc1c(C)nc2c3ccccc3nn2c1C. The summed E-state index contributed by atoms with van der Waals surface area (Å²) in [5.74, 6) is -0.542. The van der Waals surface area contributed by atoms with Crippen LogP contribution in [0.4, 0.5) is 0 Å². The number of ketones is 1. The summed E-state index contributed by atoms with van der Waals surface area (Å²) in [6.45, 7) is 6.91. The predicted molar refractivity (Wildman–Crippen MR) is 94.5 cm³/mol. The maximum absolute atomic E-state index is 11.9. The second kappa shape index (κ2) is 6.63. The minimum absolute atomic E-state index is 0.160. The van der Waals surface area contributed by atoms with Crippen LogP contribution in [0.3, 0.4) is 0 Å². The quantitative estimate of drug-likeness (QED) is 0.668. The van der Waals surface area contributed by atoms with Gasteiger partial charge in [-0.3, -0.25) is 9.59 Å². The van der Waals surface area contributed by atoms with Crippen LogP contribution in [0.25, 0.3) is 16.6 Å². The van der Waals surface area contributed by atoms with Gasteiger partial charge in [0.05, 0.1) is 5.52 Å². The minimum atomic E-state index is -0.702. The number of esters is 1. The van der Waals surface area contributed by atoms with E-state index >= 15 is 0 Å². The molecule has 2 aromatic heterocycles. The molecule has 1 aromatic carbocycles. The Morgan fingerprint density at radius 2 is 1.96 bits per heavy atom. The lowest BCUT2D eigenvalue weighted by atomic mass is 10.1. The third-order valence-corrected chi connectivity index (χ3v) is 4.48. The van der Waals surface area contributed by atoms with E-state index in [-0.39, 0.29) is 18.2 Å². The molecule has 25 heavy (non-hydrogen) atoms. The highest BCUT2D eigenvalue weighted by Crippen LogP contribution is 2.23. The summed E-state index contributed by atoms with van der Waals surface area (Å²) in [6.07, 6.45) is -0.000187. The standard InChI is InChI=1S/C19H21N3O3/c1-11-15(9-10-18(24)25-14(4)13(3)23)12(2)22-19(20-11)16-7-5-6-8-17(16)21-22/h5-8,14H,9-10H2,1-4H3/t14-/m0/s1. The van der Waals surface area contributed by atoms with Crippen molar-refractivity contribution in [2.45, 2.75) is 46.6 Å². The van der Waals surface area contributed by atoms with E-state index in [4.69, 9.17) is 4.74 Å². The maximum Gasteiger partial charge on any atom is 0.306 e. The van der Waals surface area contributed by atoms with Gasteiger partial charge in [-0.1, -0.05) is 12.1 Å². The van der Waals surface area contributed by atoms with Crippen molar-refractivity contribution < 1.29 is 14.3 Å². The van der Waals surface area contributed by atoms with Crippen LogP contribution in [-0.4, -0.2) is 32.5 Å². The van der Waals surface area contributed by atoms with Crippen molar-refractivity contribution in [1.29, 1.82) is 0 Å². The fourth-order valence-corrected chi connectivity index (χ4v) is 2.90. The van der Waals surface area contributed by atoms with E-state index in [0.717, 1.165) is 33.5 Å². The number of hydrogen-bond donors (Lipinski definition) is 0. The molecule has 3 aromatic rings. The Bertz CT molecular complexity index is 975. The van der Waals surface area contributed by atoms with Gasteiger partial charge in [0, 0.05) is 23.2 Å². The summed E-state index contributed by atoms with van der Waals surface area (Å²) in [5, 5.41) is 5.62. The highest BCUT2D eigenvalue weighted by atomic mass is 16.5. The Balaban J connectivity index is 1.88. The van der Waals surface area contributed by atoms with Gasteiger partial charge in [0.1, 0.15) is 0 Å². The Labute approximate surface area is 145 Å². The average molecular weight is 339 g/mol. The first-order valence-corrected chi connectivity index (χ1v) is 8.32. The van der Waals surface area contributed by atoms with Crippen molar-refractivity contribution in [1.82, 2.24) is 14.6 Å². The van der Waals surface area contributed by atoms with E-state index in [1.807, 2.05) is 42.6 Å². The molecule has 0 saturated heterocycles. The lowest BCUT2D eigenvalue weighted by Gasteiger charge is -2.12. The van der Waals surface area contributed by atoms with Crippen LogP contribution < -0.4 is 0 Å². The highest BCUT2D eigenvalue weighted by molar-refractivity contribution is 5.92. The number of aryl methyl sites for hydroxylation is 2. The Morgan fingerprint density at radius 3 is 2.68 bits per heavy atom. The number of rotatable bonds is 5. The van der Waals surface area contributed by atoms with Gasteiger partial charge in [-0.05, 0) is 51.8 Å². The molecule has 3 rings (SSSR count). The summed E-state index contributed by atoms with van der Waals surface area (Å²) >= 11 is 0. The van der Waals surface area contributed by atoms with Crippen LogP contribution in [0, 0.1) is 13.8 Å². The zero-order valence-electron chi connectivity index (χ0n) is 14.9.